The van der Waals surface area contributed by atoms with Gasteiger partial charge in [-0.3, -0.25) is 9.69 Å². The third-order valence-electron chi connectivity index (χ3n) is 4.89. The number of hydrogen-bond acceptors (Lipinski definition) is 4. The van der Waals surface area contributed by atoms with Crippen LogP contribution in [0, 0.1) is 5.82 Å². The molecule has 0 bridgehead atoms. The smallest absolute Gasteiger partial charge is 0.219 e. The fraction of sp³-hybridized carbons (Fsp3) is 0.474. The fourth-order valence-electron chi connectivity index (χ4n) is 3.35. The lowest BCUT2D eigenvalue weighted by molar-refractivity contribution is -0.130. The molecule has 1 aliphatic rings. The van der Waals surface area contributed by atoms with E-state index >= 15 is 0 Å². The normalized spacial score (nSPS) is 16.7. The molecule has 1 aromatic carbocycles. The van der Waals surface area contributed by atoms with Gasteiger partial charge in [0.1, 0.15) is 11.6 Å². The second-order valence-electron chi connectivity index (χ2n) is 6.69. The molecule has 6 nitrogen and oxygen atoms in total. The number of carbonyl (C=O) groups is 1. The van der Waals surface area contributed by atoms with Gasteiger partial charge in [0.25, 0.3) is 0 Å². The minimum Gasteiger partial charge on any atom is -0.340 e. The van der Waals surface area contributed by atoms with Crippen molar-refractivity contribution in [2.45, 2.75) is 13.0 Å². The highest BCUT2D eigenvalue weighted by molar-refractivity contribution is 5.73. The molecule has 0 aliphatic carbocycles. The molecule has 0 spiro atoms. The van der Waals surface area contributed by atoms with Crippen LogP contribution in [0.4, 0.5) is 4.39 Å². The second kappa shape index (κ2) is 8.42. The molecule has 3 rings (SSSR count). The van der Waals surface area contributed by atoms with E-state index in [0.29, 0.717) is 0 Å². The highest BCUT2D eigenvalue weighted by Gasteiger charge is 2.21. The predicted molar refractivity (Wildman–Crippen MR) is 98.1 cm³/mol. The number of imidazole rings is 1. The van der Waals surface area contributed by atoms with E-state index < -0.39 is 0 Å². The van der Waals surface area contributed by atoms with Gasteiger partial charge < -0.3 is 14.8 Å². The largest absolute Gasteiger partial charge is 0.340 e. The zero-order valence-electron chi connectivity index (χ0n) is 15.4. The summed E-state index contributed by atoms with van der Waals surface area (Å²) in [6, 6.07) is 6.49. The molecule has 1 amide bonds. The Hall–Kier alpha value is -2.25. The maximum absolute atomic E-state index is 13.7. The number of halogens is 1. The van der Waals surface area contributed by atoms with E-state index in [2.05, 4.69) is 15.2 Å². The molecule has 140 valence electrons. The number of nitrogens with one attached hydrogen (secondary N) is 1. The van der Waals surface area contributed by atoms with E-state index in [-0.39, 0.29) is 17.8 Å². The number of aryl methyl sites for hydroxylation is 1. The lowest BCUT2D eigenvalue weighted by atomic mass is 10.1. The quantitative estimate of drug-likeness (QED) is 0.847. The van der Waals surface area contributed by atoms with Crippen molar-refractivity contribution in [1.29, 1.82) is 0 Å². The van der Waals surface area contributed by atoms with Gasteiger partial charge in [0, 0.05) is 65.6 Å². The Kier molecular flexibility index (Phi) is 6.00. The minimum absolute atomic E-state index is 0.142. The number of rotatable bonds is 6. The molecule has 1 saturated heterocycles. The molecule has 0 saturated carbocycles. The van der Waals surface area contributed by atoms with Crippen LogP contribution in [0.5, 0.6) is 0 Å². The van der Waals surface area contributed by atoms with Crippen LogP contribution in [0.25, 0.3) is 0 Å². The summed E-state index contributed by atoms with van der Waals surface area (Å²) in [7, 11) is 1.94. The number of aromatic nitrogens is 2. The molecule has 1 aliphatic heterocycles. The van der Waals surface area contributed by atoms with E-state index in [9.17, 15) is 9.18 Å². The van der Waals surface area contributed by atoms with Gasteiger partial charge in [-0.05, 0) is 17.7 Å². The maximum Gasteiger partial charge on any atom is 0.219 e. The molecular weight excluding hydrogens is 333 g/mol. The van der Waals surface area contributed by atoms with E-state index in [0.717, 1.165) is 50.7 Å². The number of carbonyl (C=O) groups excluding carboxylic acids is 1. The maximum atomic E-state index is 13.7. The van der Waals surface area contributed by atoms with Crippen molar-refractivity contribution in [3.63, 3.8) is 0 Å². The average Bonchev–Trinajstić information content (AvgIpc) is 3.05. The minimum atomic E-state index is -0.246. The topological polar surface area (TPSA) is 53.4 Å². The van der Waals surface area contributed by atoms with Gasteiger partial charge in [-0.1, -0.05) is 12.1 Å². The summed E-state index contributed by atoms with van der Waals surface area (Å²) in [6.07, 6.45) is 3.65. The average molecular weight is 359 g/mol. The van der Waals surface area contributed by atoms with Crippen LogP contribution in [0.1, 0.15) is 24.4 Å². The third kappa shape index (κ3) is 4.47. The van der Waals surface area contributed by atoms with E-state index in [1.807, 2.05) is 28.8 Å². The van der Waals surface area contributed by atoms with Crippen molar-refractivity contribution in [3.8, 4) is 0 Å². The molecule has 2 heterocycles. The second-order valence-corrected chi connectivity index (χ2v) is 6.69. The van der Waals surface area contributed by atoms with Gasteiger partial charge in [-0.15, -0.1) is 0 Å². The van der Waals surface area contributed by atoms with Crippen LogP contribution >= 0.6 is 0 Å². The summed E-state index contributed by atoms with van der Waals surface area (Å²) in [5.74, 6) is 0.754. The van der Waals surface area contributed by atoms with Crippen molar-refractivity contribution >= 4 is 5.91 Å². The fourth-order valence-corrected chi connectivity index (χ4v) is 3.35. The Morgan fingerprint density at radius 1 is 1.31 bits per heavy atom. The molecule has 1 atom stereocenters. The van der Waals surface area contributed by atoms with Gasteiger partial charge in [-0.2, -0.15) is 0 Å². The van der Waals surface area contributed by atoms with Crippen LogP contribution in [0.2, 0.25) is 0 Å². The van der Waals surface area contributed by atoms with Crippen LogP contribution in [0.3, 0.4) is 0 Å². The van der Waals surface area contributed by atoms with Gasteiger partial charge in [0.05, 0.1) is 6.04 Å². The van der Waals surface area contributed by atoms with Crippen molar-refractivity contribution in [1.82, 2.24) is 24.7 Å². The first-order chi connectivity index (χ1) is 12.5. The van der Waals surface area contributed by atoms with Gasteiger partial charge in [0.15, 0.2) is 0 Å². The van der Waals surface area contributed by atoms with Crippen molar-refractivity contribution < 1.29 is 9.18 Å². The molecule has 1 aromatic heterocycles. The molecule has 26 heavy (non-hydrogen) atoms. The Morgan fingerprint density at radius 2 is 2.08 bits per heavy atom. The Morgan fingerprint density at radius 3 is 2.69 bits per heavy atom. The lowest BCUT2D eigenvalue weighted by Gasteiger charge is -2.34. The monoisotopic (exact) mass is 359 g/mol. The highest BCUT2D eigenvalue weighted by Crippen LogP contribution is 2.21. The number of nitrogens with zero attached hydrogens (tertiary/aromatic N) is 4. The first-order valence-electron chi connectivity index (χ1n) is 8.98. The van der Waals surface area contributed by atoms with Gasteiger partial charge in [0.2, 0.25) is 5.91 Å². The molecule has 7 heteroatoms. The summed E-state index contributed by atoms with van der Waals surface area (Å²) in [5, 5.41) is 3.52. The van der Waals surface area contributed by atoms with Crippen LogP contribution < -0.4 is 5.32 Å². The summed E-state index contributed by atoms with van der Waals surface area (Å²) in [4.78, 5) is 20.1. The van der Waals surface area contributed by atoms with E-state index in [1.165, 1.54) is 6.07 Å². The highest BCUT2D eigenvalue weighted by atomic mass is 19.1. The van der Waals surface area contributed by atoms with Crippen LogP contribution in [-0.4, -0.2) is 64.5 Å². The van der Waals surface area contributed by atoms with Crippen molar-refractivity contribution in [2.24, 2.45) is 7.05 Å². The molecule has 2 aromatic rings. The number of amides is 1. The van der Waals surface area contributed by atoms with Crippen LogP contribution in [-0.2, 0) is 11.8 Å². The predicted octanol–water partition coefficient (Wildman–Crippen LogP) is 1.40. The molecular formula is C19H26FN5O. The molecule has 0 unspecified atom stereocenters. The van der Waals surface area contributed by atoms with E-state index in [4.69, 9.17) is 0 Å². The summed E-state index contributed by atoms with van der Waals surface area (Å²) < 4.78 is 15.6. The standard InChI is InChI=1S/C19H26FN5O/c1-15(26)25-12-10-24(11-13-25)9-7-21-18(19-22-6-8-23(19)2)16-4-3-5-17(20)14-16/h3-6,8,14,18,21H,7,9-13H2,1-2H3/t18-/m0/s1. The summed E-state index contributed by atoms with van der Waals surface area (Å²) in [6.45, 7) is 6.58. The number of hydrogen-bond donors (Lipinski definition) is 1. The Balaban J connectivity index is 1.61. The summed E-state index contributed by atoms with van der Waals surface area (Å²) >= 11 is 0. The first-order valence-corrected chi connectivity index (χ1v) is 8.98. The van der Waals surface area contributed by atoms with Gasteiger partial charge in [-0.25, -0.2) is 9.37 Å². The molecule has 1 fully saturated rings. The number of piperazine rings is 1. The molecule has 1 N–H and O–H groups in total. The zero-order valence-corrected chi connectivity index (χ0v) is 15.4. The number of benzene rings is 1. The summed E-state index contributed by atoms with van der Waals surface area (Å²) in [5.41, 5.74) is 0.862. The Bertz CT molecular complexity index is 739. The van der Waals surface area contributed by atoms with Gasteiger partial charge >= 0.3 is 0 Å². The SMILES string of the molecule is CC(=O)N1CCN(CCN[C@@H](c2cccc(F)c2)c2nccn2C)CC1. The van der Waals surface area contributed by atoms with Crippen molar-refractivity contribution in [3.05, 3.63) is 53.9 Å². The zero-order chi connectivity index (χ0) is 18.5. The lowest BCUT2D eigenvalue weighted by Crippen LogP contribution is -2.49. The molecule has 0 radical (unpaired) electrons. The third-order valence-corrected chi connectivity index (χ3v) is 4.89. The van der Waals surface area contributed by atoms with E-state index in [1.54, 1.807) is 25.3 Å². The van der Waals surface area contributed by atoms with Crippen LogP contribution in [0.15, 0.2) is 36.7 Å². The Labute approximate surface area is 153 Å². The first kappa shape index (κ1) is 18.5. The van der Waals surface area contributed by atoms with Crippen molar-refractivity contribution in [2.75, 3.05) is 39.3 Å².